The van der Waals surface area contributed by atoms with Gasteiger partial charge in [-0.1, -0.05) is 32.0 Å². The van der Waals surface area contributed by atoms with Crippen LogP contribution in [-0.2, 0) is 13.0 Å². The van der Waals surface area contributed by atoms with Crippen LogP contribution in [0.1, 0.15) is 31.4 Å². The van der Waals surface area contributed by atoms with Gasteiger partial charge < -0.3 is 10.4 Å². The van der Waals surface area contributed by atoms with E-state index >= 15 is 0 Å². The van der Waals surface area contributed by atoms with Crippen LogP contribution >= 0.6 is 0 Å². The van der Waals surface area contributed by atoms with Crippen molar-refractivity contribution in [2.45, 2.75) is 39.3 Å². The molecule has 3 nitrogen and oxygen atoms in total. The lowest BCUT2D eigenvalue weighted by Crippen LogP contribution is -2.48. The Labute approximate surface area is 115 Å². The number of benzene rings is 1. The van der Waals surface area contributed by atoms with E-state index in [1.54, 1.807) is 0 Å². The second kappa shape index (κ2) is 4.80. The van der Waals surface area contributed by atoms with Crippen LogP contribution in [0, 0.1) is 5.41 Å². The highest BCUT2D eigenvalue weighted by Gasteiger charge is 2.34. The van der Waals surface area contributed by atoms with Crippen LogP contribution in [0.2, 0.25) is 0 Å². The van der Waals surface area contributed by atoms with Crippen molar-refractivity contribution < 1.29 is 5.11 Å². The van der Waals surface area contributed by atoms with Crippen LogP contribution in [0.3, 0.4) is 0 Å². The molecule has 1 fully saturated rings. The fraction of sp³-hybridized carbons (Fsp3) is 0.625. The molecule has 2 aliphatic heterocycles. The Balaban J connectivity index is 1.74. The summed E-state index contributed by atoms with van der Waals surface area (Å²) < 4.78 is 0. The number of piperidine rings is 1. The van der Waals surface area contributed by atoms with Gasteiger partial charge in [-0.05, 0) is 24.0 Å². The minimum absolute atomic E-state index is 0.00360. The fourth-order valence-corrected chi connectivity index (χ4v) is 3.37. The summed E-state index contributed by atoms with van der Waals surface area (Å²) >= 11 is 0. The van der Waals surface area contributed by atoms with E-state index in [1.807, 2.05) is 0 Å². The first kappa shape index (κ1) is 12.9. The van der Waals surface area contributed by atoms with E-state index in [4.69, 9.17) is 0 Å². The average Bonchev–Trinajstić information content (AvgIpc) is 2.83. The summed E-state index contributed by atoms with van der Waals surface area (Å²) in [4.78, 5) is 2.47. The number of rotatable bonds is 2. The molecule has 0 radical (unpaired) electrons. The highest BCUT2D eigenvalue weighted by molar-refractivity contribution is 5.61. The Morgan fingerprint density at radius 2 is 2.26 bits per heavy atom. The van der Waals surface area contributed by atoms with Crippen LogP contribution in [0.25, 0.3) is 0 Å². The summed E-state index contributed by atoms with van der Waals surface area (Å²) in [5.41, 5.74) is 4.21. The molecular weight excluding hydrogens is 236 g/mol. The number of aliphatic hydroxyl groups excluding tert-OH is 1. The van der Waals surface area contributed by atoms with Gasteiger partial charge in [-0.15, -0.1) is 0 Å². The molecule has 0 amide bonds. The van der Waals surface area contributed by atoms with Crippen molar-refractivity contribution >= 4 is 5.69 Å². The third-order valence-corrected chi connectivity index (χ3v) is 4.58. The molecule has 1 saturated heterocycles. The zero-order valence-electron chi connectivity index (χ0n) is 11.9. The first-order chi connectivity index (χ1) is 9.06. The van der Waals surface area contributed by atoms with Gasteiger partial charge in [-0.25, -0.2) is 0 Å². The summed E-state index contributed by atoms with van der Waals surface area (Å²) in [6.07, 6.45) is 1.87. The number of nitrogens with zero attached hydrogens (tertiary/aromatic N) is 1. The monoisotopic (exact) mass is 260 g/mol. The Hall–Kier alpha value is -1.06. The molecule has 0 spiro atoms. The first-order valence-electron chi connectivity index (χ1n) is 7.31. The zero-order chi connectivity index (χ0) is 13.5. The Bertz CT molecular complexity index is 470. The van der Waals surface area contributed by atoms with Gasteiger partial charge >= 0.3 is 0 Å². The molecular formula is C16H24N2O. The molecule has 2 aliphatic rings. The fourth-order valence-electron chi connectivity index (χ4n) is 3.37. The number of para-hydroxylation sites is 1. The van der Waals surface area contributed by atoms with Crippen LogP contribution in [0.5, 0.6) is 0 Å². The molecule has 0 bridgehead atoms. The number of likely N-dealkylation sites (tertiary alicyclic amines) is 1. The van der Waals surface area contributed by atoms with Gasteiger partial charge in [0.15, 0.2) is 0 Å². The zero-order valence-corrected chi connectivity index (χ0v) is 11.9. The highest BCUT2D eigenvalue weighted by Crippen LogP contribution is 2.32. The number of hydrogen-bond donors (Lipinski definition) is 2. The second-order valence-corrected chi connectivity index (χ2v) is 6.63. The van der Waals surface area contributed by atoms with Crippen LogP contribution in [-0.4, -0.2) is 35.7 Å². The third-order valence-electron chi connectivity index (χ3n) is 4.58. The van der Waals surface area contributed by atoms with E-state index in [-0.39, 0.29) is 11.5 Å². The molecule has 3 heteroatoms. The van der Waals surface area contributed by atoms with Gasteiger partial charge in [0.2, 0.25) is 0 Å². The van der Waals surface area contributed by atoms with Crippen molar-refractivity contribution in [2.75, 3.05) is 25.0 Å². The Kier molecular flexibility index (Phi) is 3.27. The van der Waals surface area contributed by atoms with E-state index in [0.717, 1.165) is 39.0 Å². The molecule has 1 aromatic carbocycles. The molecule has 2 heterocycles. The molecule has 1 aromatic rings. The summed E-state index contributed by atoms with van der Waals surface area (Å²) in [5, 5.41) is 13.5. The van der Waals surface area contributed by atoms with Crippen molar-refractivity contribution in [3.8, 4) is 0 Å². The number of aliphatic hydroxyl groups is 1. The molecule has 0 aliphatic carbocycles. The van der Waals surface area contributed by atoms with Crippen LogP contribution in [0.4, 0.5) is 5.69 Å². The van der Waals surface area contributed by atoms with E-state index in [2.05, 4.69) is 42.3 Å². The lowest BCUT2D eigenvalue weighted by Gasteiger charge is -2.42. The quantitative estimate of drug-likeness (QED) is 0.856. The molecule has 2 N–H and O–H groups in total. The Morgan fingerprint density at radius 3 is 3.05 bits per heavy atom. The summed E-state index contributed by atoms with van der Waals surface area (Å²) in [5.74, 6) is 0. The molecule has 0 aromatic heterocycles. The van der Waals surface area contributed by atoms with Gasteiger partial charge in [0.25, 0.3) is 0 Å². The first-order valence-corrected chi connectivity index (χ1v) is 7.31. The largest absolute Gasteiger partial charge is 0.392 e. The normalized spacial score (nSPS) is 25.9. The number of hydrogen-bond acceptors (Lipinski definition) is 3. The lowest BCUT2D eigenvalue weighted by atomic mass is 9.81. The molecule has 19 heavy (non-hydrogen) atoms. The number of nitrogens with one attached hydrogen (secondary N) is 1. The standard InChI is InChI=1S/C16H24N2O/c1-16(2)11-18(9-7-14(16)19)10-13-5-3-4-12-6-8-17-15(12)13/h3-5,14,17,19H,6-11H2,1-2H3. The Morgan fingerprint density at radius 1 is 1.42 bits per heavy atom. The predicted octanol–water partition coefficient (Wildman–Crippen LogP) is 2.25. The predicted molar refractivity (Wildman–Crippen MR) is 78.3 cm³/mol. The van der Waals surface area contributed by atoms with Crippen molar-refractivity contribution in [1.29, 1.82) is 0 Å². The smallest absolute Gasteiger partial charge is 0.0615 e. The average molecular weight is 260 g/mol. The molecule has 1 unspecified atom stereocenters. The van der Waals surface area contributed by atoms with Crippen LogP contribution < -0.4 is 5.32 Å². The minimum Gasteiger partial charge on any atom is -0.392 e. The molecule has 1 atom stereocenters. The van der Waals surface area contributed by atoms with Gasteiger partial charge in [-0.2, -0.15) is 0 Å². The number of fused-ring (bicyclic) bond motifs is 1. The summed E-state index contributed by atoms with van der Waals surface area (Å²) in [7, 11) is 0. The maximum absolute atomic E-state index is 10.0. The maximum Gasteiger partial charge on any atom is 0.0615 e. The summed E-state index contributed by atoms with van der Waals surface area (Å²) in [6, 6.07) is 6.63. The topological polar surface area (TPSA) is 35.5 Å². The van der Waals surface area contributed by atoms with Crippen molar-refractivity contribution in [1.82, 2.24) is 4.90 Å². The van der Waals surface area contributed by atoms with E-state index in [9.17, 15) is 5.11 Å². The van der Waals surface area contributed by atoms with E-state index < -0.39 is 0 Å². The number of anilines is 1. The SMILES string of the molecule is CC1(C)CN(Cc2cccc3c2NCC3)CCC1O. The molecule has 3 rings (SSSR count). The van der Waals surface area contributed by atoms with E-state index in [0.29, 0.717) is 0 Å². The maximum atomic E-state index is 10.0. The van der Waals surface area contributed by atoms with Crippen molar-refractivity contribution in [2.24, 2.45) is 5.41 Å². The van der Waals surface area contributed by atoms with E-state index in [1.165, 1.54) is 16.8 Å². The van der Waals surface area contributed by atoms with Gasteiger partial charge in [0.05, 0.1) is 6.10 Å². The second-order valence-electron chi connectivity index (χ2n) is 6.63. The lowest BCUT2D eigenvalue weighted by molar-refractivity contribution is -0.0269. The summed E-state index contributed by atoms with van der Waals surface area (Å²) in [6.45, 7) is 8.35. The van der Waals surface area contributed by atoms with Gasteiger partial charge in [0.1, 0.15) is 0 Å². The van der Waals surface area contributed by atoms with Gasteiger partial charge in [0, 0.05) is 37.3 Å². The highest BCUT2D eigenvalue weighted by atomic mass is 16.3. The molecule has 104 valence electrons. The van der Waals surface area contributed by atoms with Crippen molar-refractivity contribution in [3.05, 3.63) is 29.3 Å². The molecule has 0 saturated carbocycles. The van der Waals surface area contributed by atoms with Crippen LogP contribution in [0.15, 0.2) is 18.2 Å². The third kappa shape index (κ3) is 2.49. The van der Waals surface area contributed by atoms with Gasteiger partial charge in [-0.3, -0.25) is 4.90 Å². The minimum atomic E-state index is -0.164. The van der Waals surface area contributed by atoms with Crippen molar-refractivity contribution in [3.63, 3.8) is 0 Å².